The molecule has 0 aliphatic heterocycles. The predicted molar refractivity (Wildman–Crippen MR) is 74.7 cm³/mol. The molecule has 1 rings (SSSR count). The minimum Gasteiger partial charge on any atom is -0.394 e. The van der Waals surface area contributed by atoms with E-state index in [4.69, 9.17) is 20.0 Å². The van der Waals surface area contributed by atoms with Crippen LogP contribution in [-0.2, 0) is 22.7 Å². The first-order valence-electron chi connectivity index (χ1n) is 6.70. The lowest BCUT2D eigenvalue weighted by Crippen LogP contribution is -2.64. The largest absolute Gasteiger partial charge is 0.472 e. The van der Waals surface area contributed by atoms with Crippen molar-refractivity contribution < 1.29 is 68.0 Å². The highest BCUT2D eigenvalue weighted by Crippen LogP contribution is 2.48. The molecule has 0 radical (unpaired) electrons. The Hall–Kier alpha value is -0.0200. The van der Waals surface area contributed by atoms with E-state index in [0.29, 0.717) is 0 Å². The Labute approximate surface area is 140 Å². The molecule has 0 saturated heterocycles. The van der Waals surface area contributed by atoms with Crippen LogP contribution >= 0.6 is 15.6 Å². The van der Waals surface area contributed by atoms with Crippen molar-refractivity contribution in [1.29, 1.82) is 0 Å². The number of aliphatic hydroxyl groups is 6. The maximum Gasteiger partial charge on any atom is 0.472 e. The van der Waals surface area contributed by atoms with Crippen molar-refractivity contribution in [3.63, 3.8) is 0 Å². The summed E-state index contributed by atoms with van der Waals surface area (Å²) in [6, 6.07) is 0. The molecule has 9 N–H and O–H groups in total. The molecule has 1 aliphatic rings. The van der Waals surface area contributed by atoms with Gasteiger partial charge in [0.05, 0.1) is 13.2 Å². The molecule has 0 aromatic heterocycles. The monoisotopic (exact) mass is 414 g/mol. The Balaban J connectivity index is 2.85. The standard InChI is InChI=1S/C9H20O14P2/c10-1-3(11)2-21-25(19,20)23-9-6(14)4(12)8(5(13)7(9)15)22-24(16,17)18/h3-15H,1-2H2,(H,19,20)(H2,16,17,18)/t3?,4-,5+,6-,7-,8?,9?/m0/s1. The second-order valence-electron chi connectivity index (χ2n) is 5.19. The van der Waals surface area contributed by atoms with Gasteiger partial charge < -0.3 is 45.3 Å². The van der Waals surface area contributed by atoms with Gasteiger partial charge in [0, 0.05) is 0 Å². The van der Waals surface area contributed by atoms with Gasteiger partial charge in [-0.05, 0) is 0 Å². The maximum absolute atomic E-state index is 11.7. The summed E-state index contributed by atoms with van der Waals surface area (Å²) in [5.74, 6) is 0. The maximum atomic E-state index is 11.7. The number of phosphoric ester groups is 2. The van der Waals surface area contributed by atoms with Gasteiger partial charge in [0.15, 0.2) is 0 Å². The quantitative estimate of drug-likeness (QED) is 0.171. The van der Waals surface area contributed by atoms with Crippen LogP contribution in [0.1, 0.15) is 0 Å². The van der Waals surface area contributed by atoms with Crippen molar-refractivity contribution >= 4 is 15.6 Å². The lowest BCUT2D eigenvalue weighted by Gasteiger charge is -2.43. The molecule has 0 heterocycles. The summed E-state index contributed by atoms with van der Waals surface area (Å²) in [6.07, 6.45) is -14.6. The second-order valence-corrected chi connectivity index (χ2v) is 7.79. The van der Waals surface area contributed by atoms with Crippen LogP contribution in [0.5, 0.6) is 0 Å². The van der Waals surface area contributed by atoms with E-state index in [1.807, 2.05) is 0 Å². The smallest absolute Gasteiger partial charge is 0.394 e. The molecular weight excluding hydrogens is 394 g/mol. The molecule has 1 fully saturated rings. The number of rotatable bonds is 8. The Morgan fingerprint density at radius 3 is 1.60 bits per heavy atom. The van der Waals surface area contributed by atoms with Gasteiger partial charge in [0.2, 0.25) is 0 Å². The summed E-state index contributed by atoms with van der Waals surface area (Å²) >= 11 is 0. The van der Waals surface area contributed by atoms with Crippen molar-refractivity contribution in [3.8, 4) is 0 Å². The molecule has 1 saturated carbocycles. The molecule has 0 amide bonds. The van der Waals surface area contributed by atoms with E-state index in [0.717, 1.165) is 0 Å². The number of phosphoric acid groups is 2. The summed E-state index contributed by atoms with van der Waals surface area (Å²) in [4.78, 5) is 26.8. The second kappa shape index (κ2) is 8.78. The highest BCUT2D eigenvalue weighted by molar-refractivity contribution is 7.47. The molecule has 8 atom stereocenters. The molecule has 0 aromatic rings. The molecule has 25 heavy (non-hydrogen) atoms. The van der Waals surface area contributed by atoms with Crippen molar-refractivity contribution in [1.82, 2.24) is 0 Å². The first-order valence-corrected chi connectivity index (χ1v) is 9.72. The highest BCUT2D eigenvalue weighted by atomic mass is 31.2. The molecule has 4 unspecified atom stereocenters. The summed E-state index contributed by atoms with van der Waals surface area (Å²) in [5, 5.41) is 56.8. The SMILES string of the molecule is O=P(O)(O)OC1[C@@H](O)[C@H](O)C(OP(=O)(O)OCC(O)CO)[C@@H](O)[C@H]1O. The Morgan fingerprint density at radius 1 is 0.840 bits per heavy atom. The van der Waals surface area contributed by atoms with E-state index in [2.05, 4.69) is 13.6 Å². The first-order chi connectivity index (χ1) is 11.3. The van der Waals surface area contributed by atoms with Crippen LogP contribution in [-0.4, -0.2) is 101 Å². The summed E-state index contributed by atoms with van der Waals surface area (Å²) in [5.41, 5.74) is 0. The van der Waals surface area contributed by atoms with Gasteiger partial charge in [-0.15, -0.1) is 0 Å². The van der Waals surface area contributed by atoms with Gasteiger partial charge in [-0.3, -0.25) is 13.6 Å². The molecule has 1 aliphatic carbocycles. The number of hydrogen-bond donors (Lipinski definition) is 9. The first kappa shape index (κ1) is 23.0. The molecule has 150 valence electrons. The van der Waals surface area contributed by atoms with E-state index < -0.39 is 71.6 Å². The fraction of sp³-hybridized carbons (Fsp3) is 1.00. The predicted octanol–water partition coefficient (Wildman–Crippen LogP) is -4.22. The fourth-order valence-corrected chi connectivity index (χ4v) is 3.55. The zero-order valence-electron chi connectivity index (χ0n) is 12.4. The van der Waals surface area contributed by atoms with E-state index in [9.17, 15) is 34.4 Å². The summed E-state index contributed by atoms with van der Waals surface area (Å²) in [6.45, 7) is -1.65. The number of hydrogen-bond acceptors (Lipinski definition) is 11. The third-order valence-electron chi connectivity index (χ3n) is 3.20. The van der Waals surface area contributed by atoms with Crippen LogP contribution in [0.3, 0.4) is 0 Å². The van der Waals surface area contributed by atoms with E-state index >= 15 is 0 Å². The van der Waals surface area contributed by atoms with E-state index in [-0.39, 0.29) is 0 Å². The van der Waals surface area contributed by atoms with Gasteiger partial charge in [-0.25, -0.2) is 9.13 Å². The van der Waals surface area contributed by atoms with Gasteiger partial charge in [0.1, 0.15) is 42.7 Å². The van der Waals surface area contributed by atoms with Crippen LogP contribution in [0.4, 0.5) is 0 Å². The summed E-state index contributed by atoms with van der Waals surface area (Å²) < 4.78 is 35.3. The van der Waals surface area contributed by atoms with Crippen molar-refractivity contribution in [2.24, 2.45) is 0 Å². The molecule has 0 aromatic carbocycles. The number of aliphatic hydroxyl groups excluding tert-OH is 6. The summed E-state index contributed by atoms with van der Waals surface area (Å²) in [7, 11) is -10.2. The lowest BCUT2D eigenvalue weighted by atomic mass is 9.85. The third kappa shape index (κ3) is 6.57. The van der Waals surface area contributed by atoms with Crippen molar-refractivity contribution in [3.05, 3.63) is 0 Å². The topological polar surface area (TPSA) is 244 Å². The average molecular weight is 414 g/mol. The van der Waals surface area contributed by atoms with E-state index in [1.54, 1.807) is 0 Å². The van der Waals surface area contributed by atoms with Crippen LogP contribution < -0.4 is 0 Å². The molecular formula is C9H20O14P2. The minimum absolute atomic E-state index is 0.798. The molecule has 0 spiro atoms. The van der Waals surface area contributed by atoms with Crippen LogP contribution in [0.25, 0.3) is 0 Å². The van der Waals surface area contributed by atoms with Gasteiger partial charge in [-0.2, -0.15) is 0 Å². The van der Waals surface area contributed by atoms with Crippen molar-refractivity contribution in [2.45, 2.75) is 42.7 Å². The van der Waals surface area contributed by atoms with Crippen LogP contribution in [0.15, 0.2) is 0 Å². The average Bonchev–Trinajstić information content (AvgIpc) is 2.50. The third-order valence-corrected chi connectivity index (χ3v) is 4.70. The Bertz CT molecular complexity index is 506. The lowest BCUT2D eigenvalue weighted by molar-refractivity contribution is -0.216. The van der Waals surface area contributed by atoms with Gasteiger partial charge >= 0.3 is 15.6 Å². The van der Waals surface area contributed by atoms with Crippen molar-refractivity contribution in [2.75, 3.05) is 13.2 Å². The molecule has 14 nitrogen and oxygen atoms in total. The van der Waals surface area contributed by atoms with E-state index in [1.165, 1.54) is 0 Å². The highest BCUT2D eigenvalue weighted by Gasteiger charge is 2.54. The molecule has 0 bridgehead atoms. The Morgan fingerprint density at radius 2 is 1.24 bits per heavy atom. The Kier molecular flexibility index (Phi) is 8.08. The van der Waals surface area contributed by atoms with Gasteiger partial charge in [0.25, 0.3) is 0 Å². The van der Waals surface area contributed by atoms with Crippen LogP contribution in [0.2, 0.25) is 0 Å². The zero-order chi connectivity index (χ0) is 19.6. The fourth-order valence-electron chi connectivity index (χ4n) is 2.01. The molecule has 16 heteroatoms. The van der Waals surface area contributed by atoms with Crippen LogP contribution in [0, 0.1) is 0 Å². The minimum atomic E-state index is -5.21. The zero-order valence-corrected chi connectivity index (χ0v) is 14.2. The normalized spacial score (nSPS) is 37.5. The van der Waals surface area contributed by atoms with Gasteiger partial charge in [-0.1, -0.05) is 0 Å².